The van der Waals surface area contributed by atoms with E-state index in [9.17, 15) is 0 Å². The van der Waals surface area contributed by atoms with Crippen LogP contribution in [0.2, 0.25) is 0 Å². The van der Waals surface area contributed by atoms with E-state index < -0.39 is 10.8 Å². The van der Waals surface area contributed by atoms with Gasteiger partial charge in [0, 0.05) is 17.1 Å². The lowest BCUT2D eigenvalue weighted by molar-refractivity contribution is 0.590. The summed E-state index contributed by atoms with van der Waals surface area (Å²) in [7, 11) is 0. The van der Waals surface area contributed by atoms with E-state index in [1.165, 1.54) is 72.3 Å². The van der Waals surface area contributed by atoms with Gasteiger partial charge in [0.25, 0.3) is 0 Å². The van der Waals surface area contributed by atoms with Crippen molar-refractivity contribution in [2.24, 2.45) is 0 Å². The van der Waals surface area contributed by atoms with Crippen molar-refractivity contribution >= 4 is 17.1 Å². The minimum absolute atomic E-state index is 0.0433. The van der Waals surface area contributed by atoms with Crippen LogP contribution in [-0.2, 0) is 16.2 Å². The van der Waals surface area contributed by atoms with Gasteiger partial charge in [-0.05, 0) is 114 Å². The fourth-order valence-electron chi connectivity index (χ4n) is 10.7. The fraction of sp³-hybridized carbons (Fsp3) is 0.100. The van der Waals surface area contributed by atoms with Gasteiger partial charge in [0.15, 0.2) is 0 Å². The van der Waals surface area contributed by atoms with Gasteiger partial charge < -0.3 is 4.90 Å². The maximum absolute atomic E-state index is 2.46. The molecule has 0 radical (unpaired) electrons. The summed E-state index contributed by atoms with van der Waals surface area (Å²) in [6.07, 6.45) is 0. The number of nitrogens with zero attached hydrogens (tertiary/aromatic N) is 1. The summed E-state index contributed by atoms with van der Waals surface area (Å²) in [5.41, 5.74) is 19.0. The SMILES string of the molecule is CC(C)(C)c1ccc(N(c2ccc(-c3ccccc3)cc2)c2cccc(C3(c4ccccc4)c4ccccc4C4(c5ccccc5)c5ccccc5-c5cccc3c54)c2)cc1. The molecule has 0 aromatic heterocycles. The largest absolute Gasteiger partial charge is 0.310 e. The van der Waals surface area contributed by atoms with Gasteiger partial charge in [-0.25, -0.2) is 0 Å². The highest BCUT2D eigenvalue weighted by atomic mass is 15.1. The molecule has 2 unspecified atom stereocenters. The Balaban J connectivity index is 1.19. The van der Waals surface area contributed by atoms with Crippen molar-refractivity contribution in [3.63, 3.8) is 0 Å². The molecule has 9 aromatic rings. The smallest absolute Gasteiger partial charge is 0.0720 e. The van der Waals surface area contributed by atoms with Crippen LogP contribution in [0, 0.1) is 0 Å². The Labute approximate surface area is 360 Å². The lowest BCUT2D eigenvalue weighted by atomic mass is 9.51. The minimum atomic E-state index is -0.640. The standard InChI is InChI=1S/C60H47N/c1-58(2,3)44-35-39-49(40-36-44)61(48-37-33-43(34-38-48)42-19-7-4-8-20-42)50-26-17-25-47(41-50)59(45-21-9-5-10-22-45)54-30-15-16-31-55(54)60(46-23-11-6-12-24-46)53-29-14-13-27-51(53)52-28-18-32-56(59)57(52)60/h4-41H,1-3H3. The first kappa shape index (κ1) is 36.8. The van der Waals surface area contributed by atoms with E-state index in [4.69, 9.17) is 0 Å². The van der Waals surface area contributed by atoms with E-state index in [1.807, 2.05) is 0 Å². The molecule has 292 valence electrons. The molecule has 11 rings (SSSR count). The predicted octanol–water partition coefficient (Wildman–Crippen LogP) is 15.2. The second-order valence-electron chi connectivity index (χ2n) is 17.6. The number of anilines is 3. The third-order valence-corrected chi connectivity index (χ3v) is 13.4. The molecule has 0 heterocycles. The normalized spacial score (nSPS) is 17.2. The zero-order valence-electron chi connectivity index (χ0n) is 34.9. The van der Waals surface area contributed by atoms with E-state index >= 15 is 0 Å². The first-order valence-electron chi connectivity index (χ1n) is 21.5. The molecule has 2 aliphatic carbocycles. The van der Waals surface area contributed by atoms with Crippen LogP contribution in [0.25, 0.3) is 22.3 Å². The molecular weight excluding hydrogens is 735 g/mol. The molecule has 61 heavy (non-hydrogen) atoms. The molecule has 0 spiro atoms. The summed E-state index contributed by atoms with van der Waals surface area (Å²) in [6.45, 7) is 6.84. The molecule has 2 aliphatic rings. The maximum atomic E-state index is 2.46. The zero-order chi connectivity index (χ0) is 41.2. The first-order chi connectivity index (χ1) is 29.9. The molecule has 0 bridgehead atoms. The van der Waals surface area contributed by atoms with Gasteiger partial charge in [-0.1, -0.05) is 215 Å². The Morgan fingerprint density at radius 3 is 1.43 bits per heavy atom. The molecule has 0 aliphatic heterocycles. The van der Waals surface area contributed by atoms with Crippen molar-refractivity contribution in [3.05, 3.63) is 281 Å². The summed E-state index contributed by atoms with van der Waals surface area (Å²) < 4.78 is 0. The van der Waals surface area contributed by atoms with E-state index in [1.54, 1.807) is 0 Å². The van der Waals surface area contributed by atoms with Gasteiger partial charge in [0.2, 0.25) is 0 Å². The van der Waals surface area contributed by atoms with E-state index in [2.05, 4.69) is 256 Å². The molecule has 1 heteroatoms. The average molecular weight is 782 g/mol. The molecule has 1 nitrogen and oxygen atoms in total. The van der Waals surface area contributed by atoms with E-state index in [0.29, 0.717) is 0 Å². The average Bonchev–Trinajstić information content (AvgIpc) is 3.63. The maximum Gasteiger partial charge on any atom is 0.0720 e. The lowest BCUT2D eigenvalue weighted by Gasteiger charge is -2.49. The van der Waals surface area contributed by atoms with Crippen LogP contribution in [0.1, 0.15) is 70.8 Å². The van der Waals surface area contributed by atoms with Crippen LogP contribution < -0.4 is 4.90 Å². The second kappa shape index (κ2) is 14.2. The predicted molar refractivity (Wildman–Crippen MR) is 254 cm³/mol. The number of hydrogen-bond donors (Lipinski definition) is 0. The molecule has 9 aromatic carbocycles. The second-order valence-corrected chi connectivity index (χ2v) is 17.6. The van der Waals surface area contributed by atoms with Crippen LogP contribution in [0.4, 0.5) is 17.1 Å². The Morgan fingerprint density at radius 2 is 0.787 bits per heavy atom. The molecule has 0 fully saturated rings. The van der Waals surface area contributed by atoms with Crippen LogP contribution >= 0.6 is 0 Å². The number of hydrogen-bond acceptors (Lipinski definition) is 1. The van der Waals surface area contributed by atoms with E-state index in [0.717, 1.165) is 17.1 Å². The fourth-order valence-corrected chi connectivity index (χ4v) is 10.7. The van der Waals surface area contributed by atoms with Gasteiger partial charge in [-0.2, -0.15) is 0 Å². The zero-order valence-corrected chi connectivity index (χ0v) is 34.9. The molecule has 0 saturated carbocycles. The van der Waals surface area contributed by atoms with Gasteiger partial charge in [-0.3, -0.25) is 0 Å². The van der Waals surface area contributed by atoms with Crippen molar-refractivity contribution in [3.8, 4) is 22.3 Å². The number of fused-ring (bicyclic) bond motifs is 5. The minimum Gasteiger partial charge on any atom is -0.310 e. The van der Waals surface area contributed by atoms with Crippen molar-refractivity contribution < 1.29 is 0 Å². The van der Waals surface area contributed by atoms with Crippen molar-refractivity contribution in [2.75, 3.05) is 4.90 Å². The highest BCUT2D eigenvalue weighted by molar-refractivity contribution is 5.92. The lowest BCUT2D eigenvalue weighted by Crippen LogP contribution is -2.44. The highest BCUT2D eigenvalue weighted by Crippen LogP contribution is 2.65. The summed E-state index contributed by atoms with van der Waals surface area (Å²) >= 11 is 0. The number of benzene rings is 9. The molecule has 2 atom stereocenters. The third kappa shape index (κ3) is 5.54. The van der Waals surface area contributed by atoms with E-state index in [-0.39, 0.29) is 5.41 Å². The van der Waals surface area contributed by atoms with Gasteiger partial charge in [-0.15, -0.1) is 0 Å². The Hall–Kier alpha value is -7.22. The Morgan fingerprint density at radius 1 is 0.328 bits per heavy atom. The van der Waals surface area contributed by atoms with Crippen LogP contribution in [0.3, 0.4) is 0 Å². The monoisotopic (exact) mass is 781 g/mol. The van der Waals surface area contributed by atoms with Crippen molar-refractivity contribution in [1.82, 2.24) is 0 Å². The topological polar surface area (TPSA) is 3.24 Å². The van der Waals surface area contributed by atoms with Gasteiger partial charge in [0.1, 0.15) is 0 Å². The quantitative estimate of drug-likeness (QED) is 0.156. The first-order valence-corrected chi connectivity index (χ1v) is 21.5. The summed E-state index contributed by atoms with van der Waals surface area (Å²) in [4.78, 5) is 2.43. The van der Waals surface area contributed by atoms with Crippen molar-refractivity contribution in [2.45, 2.75) is 37.0 Å². The molecule has 0 N–H and O–H groups in total. The number of rotatable bonds is 7. The molecular formula is C60H47N. The summed E-state index contributed by atoms with van der Waals surface area (Å²) in [5, 5.41) is 0. The highest BCUT2D eigenvalue weighted by Gasteiger charge is 2.57. The Kier molecular flexibility index (Phi) is 8.58. The molecule has 0 amide bonds. The van der Waals surface area contributed by atoms with Gasteiger partial charge in [0.05, 0.1) is 10.8 Å². The van der Waals surface area contributed by atoms with Crippen LogP contribution in [0.15, 0.2) is 231 Å². The summed E-state index contributed by atoms with van der Waals surface area (Å²) in [5.74, 6) is 0. The van der Waals surface area contributed by atoms with Gasteiger partial charge >= 0.3 is 0 Å². The third-order valence-electron chi connectivity index (χ3n) is 13.4. The van der Waals surface area contributed by atoms with Crippen LogP contribution in [0.5, 0.6) is 0 Å². The van der Waals surface area contributed by atoms with Crippen molar-refractivity contribution in [1.29, 1.82) is 0 Å². The Bertz CT molecular complexity index is 3030. The molecule has 0 saturated heterocycles. The van der Waals surface area contributed by atoms with Crippen LogP contribution in [-0.4, -0.2) is 0 Å². The summed E-state index contributed by atoms with van der Waals surface area (Å²) in [6, 6.07) is 86.1.